The highest BCUT2D eigenvalue weighted by Crippen LogP contribution is 2.28. The van der Waals surface area contributed by atoms with Crippen molar-refractivity contribution in [2.45, 2.75) is 4.90 Å². The van der Waals surface area contributed by atoms with Crippen LogP contribution in [0.25, 0.3) is 10.6 Å². The molecule has 0 spiro atoms. The fraction of sp³-hybridized carbons (Fsp3) is 0.238. The van der Waals surface area contributed by atoms with Gasteiger partial charge < -0.3 is 9.64 Å². The van der Waals surface area contributed by atoms with E-state index in [2.05, 4.69) is 4.98 Å². The second kappa shape index (κ2) is 8.74. The summed E-state index contributed by atoms with van der Waals surface area (Å²) in [6, 6.07) is 12.5. The fourth-order valence-electron chi connectivity index (χ4n) is 3.32. The van der Waals surface area contributed by atoms with Crippen LogP contribution in [-0.4, -0.2) is 61.8 Å². The van der Waals surface area contributed by atoms with Crippen molar-refractivity contribution < 1.29 is 22.3 Å². The van der Waals surface area contributed by atoms with Crippen LogP contribution in [-0.2, 0) is 10.0 Å². The molecule has 2 aromatic carbocycles. The number of sulfonamides is 1. The summed E-state index contributed by atoms with van der Waals surface area (Å²) < 4.78 is 46.1. The zero-order chi connectivity index (χ0) is 22.0. The van der Waals surface area contributed by atoms with E-state index in [4.69, 9.17) is 4.74 Å². The van der Waals surface area contributed by atoms with Crippen molar-refractivity contribution in [1.29, 1.82) is 0 Å². The van der Waals surface area contributed by atoms with Gasteiger partial charge in [0.25, 0.3) is 5.91 Å². The molecule has 1 saturated heterocycles. The quantitative estimate of drug-likeness (QED) is 0.583. The maximum Gasteiger partial charge on any atom is 0.265 e. The topological polar surface area (TPSA) is 79.8 Å². The van der Waals surface area contributed by atoms with E-state index in [0.29, 0.717) is 21.2 Å². The molecule has 1 amide bonds. The van der Waals surface area contributed by atoms with E-state index in [9.17, 15) is 17.6 Å². The van der Waals surface area contributed by atoms with Crippen molar-refractivity contribution in [2.24, 2.45) is 0 Å². The Labute approximate surface area is 183 Å². The van der Waals surface area contributed by atoms with E-state index in [1.807, 2.05) is 0 Å². The van der Waals surface area contributed by atoms with Crippen molar-refractivity contribution in [1.82, 2.24) is 14.2 Å². The van der Waals surface area contributed by atoms with E-state index in [-0.39, 0.29) is 37.0 Å². The van der Waals surface area contributed by atoms with Gasteiger partial charge in [0.1, 0.15) is 21.5 Å². The van der Waals surface area contributed by atoms with Crippen molar-refractivity contribution in [3.63, 3.8) is 0 Å². The first kappa shape index (κ1) is 21.4. The summed E-state index contributed by atoms with van der Waals surface area (Å²) in [5.41, 5.74) is 0.349. The number of hydrogen-bond acceptors (Lipinski definition) is 6. The standard InChI is InChI=1S/C21H20FN3O4S2/c1-29-15-6-8-16(9-7-15)31(27,28)25-12-10-24(11-13-25)21(26)19-14-23-20(30-19)17-4-2-3-5-18(17)22/h2-9,14H,10-13H2,1H3. The number of rotatable bonds is 5. The van der Waals surface area contributed by atoms with Gasteiger partial charge in [0.2, 0.25) is 10.0 Å². The van der Waals surface area contributed by atoms with Gasteiger partial charge in [-0.2, -0.15) is 4.31 Å². The monoisotopic (exact) mass is 461 g/mol. The molecule has 4 rings (SSSR count). The summed E-state index contributed by atoms with van der Waals surface area (Å²) in [4.78, 5) is 19.2. The first-order chi connectivity index (χ1) is 14.9. The maximum atomic E-state index is 14.0. The molecule has 1 fully saturated rings. The summed E-state index contributed by atoms with van der Waals surface area (Å²) in [5.74, 6) is -0.0523. The summed E-state index contributed by atoms with van der Waals surface area (Å²) >= 11 is 1.12. The average Bonchev–Trinajstić information content (AvgIpc) is 3.29. The first-order valence-electron chi connectivity index (χ1n) is 9.54. The van der Waals surface area contributed by atoms with Crippen LogP contribution in [0.3, 0.4) is 0 Å². The van der Waals surface area contributed by atoms with Crippen LogP contribution >= 0.6 is 11.3 Å². The average molecular weight is 462 g/mol. The van der Waals surface area contributed by atoms with Gasteiger partial charge in [0.05, 0.1) is 18.2 Å². The Bertz CT molecular complexity index is 1190. The number of aromatic nitrogens is 1. The Morgan fingerprint density at radius 3 is 2.39 bits per heavy atom. The Morgan fingerprint density at radius 1 is 1.06 bits per heavy atom. The Morgan fingerprint density at radius 2 is 1.74 bits per heavy atom. The Kier molecular flexibility index (Phi) is 6.03. The highest BCUT2D eigenvalue weighted by atomic mass is 32.2. The third-order valence-electron chi connectivity index (χ3n) is 5.04. The van der Waals surface area contributed by atoms with Gasteiger partial charge in [-0.1, -0.05) is 12.1 Å². The number of carbonyl (C=O) groups excluding carboxylic acids is 1. The maximum absolute atomic E-state index is 14.0. The summed E-state index contributed by atoms with van der Waals surface area (Å²) in [6.45, 7) is 0.917. The lowest BCUT2D eigenvalue weighted by molar-refractivity contribution is 0.0702. The molecule has 0 bridgehead atoms. The van der Waals surface area contributed by atoms with Gasteiger partial charge >= 0.3 is 0 Å². The molecule has 0 N–H and O–H groups in total. The van der Waals surface area contributed by atoms with Gasteiger partial charge in [0.15, 0.2) is 0 Å². The van der Waals surface area contributed by atoms with Crippen LogP contribution in [0, 0.1) is 5.82 Å². The molecule has 0 aliphatic carbocycles. The molecule has 162 valence electrons. The van der Waals surface area contributed by atoms with Crippen LogP contribution in [0.4, 0.5) is 4.39 Å². The molecule has 7 nitrogen and oxygen atoms in total. The van der Waals surface area contributed by atoms with Gasteiger partial charge in [-0.05, 0) is 36.4 Å². The zero-order valence-electron chi connectivity index (χ0n) is 16.7. The van der Waals surface area contributed by atoms with E-state index < -0.39 is 15.8 Å². The molecule has 1 aliphatic heterocycles. The second-order valence-corrected chi connectivity index (χ2v) is 9.85. The first-order valence-corrected chi connectivity index (χ1v) is 11.8. The molecule has 0 atom stereocenters. The van der Waals surface area contributed by atoms with Gasteiger partial charge in [-0.25, -0.2) is 17.8 Å². The van der Waals surface area contributed by atoms with Gasteiger partial charge in [-0.15, -0.1) is 11.3 Å². The molecule has 10 heteroatoms. The van der Waals surface area contributed by atoms with Crippen molar-refractivity contribution in [3.05, 3.63) is 65.4 Å². The molecular formula is C21H20FN3O4S2. The number of benzene rings is 2. The van der Waals surface area contributed by atoms with Crippen LogP contribution in [0.1, 0.15) is 9.67 Å². The molecular weight excluding hydrogens is 441 g/mol. The SMILES string of the molecule is COc1ccc(S(=O)(=O)N2CCN(C(=O)c3cnc(-c4ccccc4F)s3)CC2)cc1. The molecule has 0 saturated carbocycles. The number of piperazine rings is 1. The van der Waals surface area contributed by atoms with E-state index in [1.54, 1.807) is 35.2 Å². The van der Waals surface area contributed by atoms with Gasteiger partial charge in [0, 0.05) is 31.7 Å². The molecule has 3 aromatic rings. The molecule has 1 aromatic heterocycles. The van der Waals surface area contributed by atoms with Crippen molar-refractivity contribution >= 4 is 27.3 Å². The minimum absolute atomic E-state index is 0.185. The van der Waals surface area contributed by atoms with Gasteiger partial charge in [-0.3, -0.25) is 4.79 Å². The van der Waals surface area contributed by atoms with Crippen LogP contribution in [0.2, 0.25) is 0 Å². The lowest BCUT2D eigenvalue weighted by Gasteiger charge is -2.33. The number of ether oxygens (including phenoxy) is 1. The largest absolute Gasteiger partial charge is 0.497 e. The number of nitrogens with zero attached hydrogens (tertiary/aromatic N) is 3. The lowest BCUT2D eigenvalue weighted by atomic mass is 10.2. The minimum Gasteiger partial charge on any atom is -0.497 e. The summed E-state index contributed by atoms with van der Waals surface area (Å²) in [7, 11) is -2.13. The fourth-order valence-corrected chi connectivity index (χ4v) is 5.65. The second-order valence-electron chi connectivity index (χ2n) is 6.88. The normalized spacial score (nSPS) is 15.1. The molecule has 2 heterocycles. The van der Waals surface area contributed by atoms with Crippen molar-refractivity contribution in [2.75, 3.05) is 33.3 Å². The number of halogens is 1. The van der Waals surface area contributed by atoms with Crippen molar-refractivity contribution in [3.8, 4) is 16.3 Å². The van der Waals surface area contributed by atoms with E-state index >= 15 is 0 Å². The highest BCUT2D eigenvalue weighted by Gasteiger charge is 2.31. The highest BCUT2D eigenvalue weighted by molar-refractivity contribution is 7.89. The molecule has 31 heavy (non-hydrogen) atoms. The Hall–Kier alpha value is -2.82. The van der Waals surface area contributed by atoms with Crippen LogP contribution in [0.15, 0.2) is 59.6 Å². The third kappa shape index (κ3) is 4.32. The number of hydrogen-bond donors (Lipinski definition) is 0. The summed E-state index contributed by atoms with van der Waals surface area (Å²) in [6.07, 6.45) is 1.44. The number of amides is 1. The van der Waals surface area contributed by atoms with Crippen LogP contribution in [0.5, 0.6) is 5.75 Å². The number of methoxy groups -OCH3 is 1. The number of carbonyl (C=O) groups is 1. The smallest absolute Gasteiger partial charge is 0.265 e. The minimum atomic E-state index is -3.65. The Balaban J connectivity index is 1.43. The predicted octanol–water partition coefficient (Wildman–Crippen LogP) is 3.10. The molecule has 1 aliphatic rings. The zero-order valence-corrected chi connectivity index (χ0v) is 18.3. The summed E-state index contributed by atoms with van der Waals surface area (Å²) in [5, 5.41) is 0.433. The van der Waals surface area contributed by atoms with E-state index in [1.165, 1.54) is 35.8 Å². The lowest BCUT2D eigenvalue weighted by Crippen LogP contribution is -2.50. The molecule has 0 unspecified atom stereocenters. The van der Waals surface area contributed by atoms with E-state index in [0.717, 1.165) is 11.3 Å². The number of thiazole rings is 1. The van der Waals surface area contributed by atoms with Crippen LogP contribution < -0.4 is 4.74 Å². The third-order valence-corrected chi connectivity index (χ3v) is 7.98. The molecule has 0 radical (unpaired) electrons. The predicted molar refractivity (Wildman–Crippen MR) is 115 cm³/mol.